The van der Waals surface area contributed by atoms with Gasteiger partial charge in [-0.05, 0) is 28.0 Å². The SMILES string of the molecule is c1ccc(-c2cc(-c3ccccc3)c(-c3cccc4ccccc34)s2)cc1. The van der Waals surface area contributed by atoms with Crippen LogP contribution in [0.15, 0.2) is 109 Å². The second-order valence-electron chi connectivity index (χ2n) is 6.61. The van der Waals surface area contributed by atoms with Crippen LogP contribution in [0.2, 0.25) is 0 Å². The van der Waals surface area contributed by atoms with Crippen molar-refractivity contribution in [1.82, 2.24) is 0 Å². The van der Waals surface area contributed by atoms with Gasteiger partial charge in [0.1, 0.15) is 0 Å². The van der Waals surface area contributed by atoms with Gasteiger partial charge in [0, 0.05) is 20.9 Å². The van der Waals surface area contributed by atoms with Crippen LogP contribution in [0.25, 0.3) is 42.8 Å². The molecular weight excluding hydrogens is 344 g/mol. The molecule has 0 saturated carbocycles. The van der Waals surface area contributed by atoms with E-state index in [4.69, 9.17) is 0 Å². The van der Waals surface area contributed by atoms with Gasteiger partial charge >= 0.3 is 0 Å². The maximum atomic E-state index is 2.34. The minimum atomic E-state index is 1.26. The fraction of sp³-hybridized carbons (Fsp3) is 0. The van der Waals surface area contributed by atoms with Gasteiger partial charge in [-0.3, -0.25) is 0 Å². The summed E-state index contributed by atoms with van der Waals surface area (Å²) in [5.41, 5.74) is 5.14. The third-order valence-corrected chi connectivity index (χ3v) is 6.13. The highest BCUT2D eigenvalue weighted by molar-refractivity contribution is 7.19. The number of thiophene rings is 1. The summed E-state index contributed by atoms with van der Waals surface area (Å²) in [5.74, 6) is 0. The van der Waals surface area contributed by atoms with Crippen molar-refractivity contribution in [3.8, 4) is 32.0 Å². The smallest absolute Gasteiger partial charge is 0.0434 e. The molecule has 5 aromatic rings. The van der Waals surface area contributed by atoms with Crippen LogP contribution in [0.5, 0.6) is 0 Å². The van der Waals surface area contributed by atoms with Gasteiger partial charge in [0.2, 0.25) is 0 Å². The fourth-order valence-corrected chi connectivity index (χ4v) is 4.82. The molecule has 0 aliphatic rings. The summed E-state index contributed by atoms with van der Waals surface area (Å²) in [6.45, 7) is 0. The number of hydrogen-bond donors (Lipinski definition) is 0. The summed E-state index contributed by atoms with van der Waals surface area (Å²) < 4.78 is 0. The predicted molar refractivity (Wildman–Crippen MR) is 118 cm³/mol. The van der Waals surface area contributed by atoms with Gasteiger partial charge in [0.25, 0.3) is 0 Å². The Labute approximate surface area is 163 Å². The lowest BCUT2D eigenvalue weighted by Crippen LogP contribution is -1.81. The molecule has 128 valence electrons. The molecule has 0 spiro atoms. The van der Waals surface area contributed by atoms with E-state index in [2.05, 4.69) is 109 Å². The summed E-state index contributed by atoms with van der Waals surface area (Å²) in [6, 6.07) is 38.9. The van der Waals surface area contributed by atoms with Gasteiger partial charge in [0.15, 0.2) is 0 Å². The second-order valence-corrected chi connectivity index (χ2v) is 7.66. The average Bonchev–Trinajstić information content (AvgIpc) is 3.20. The normalized spacial score (nSPS) is 11.0. The molecule has 0 amide bonds. The Morgan fingerprint density at radius 1 is 0.481 bits per heavy atom. The summed E-state index contributed by atoms with van der Waals surface area (Å²) in [5, 5.41) is 2.59. The van der Waals surface area contributed by atoms with Crippen LogP contribution in [0.3, 0.4) is 0 Å². The van der Waals surface area contributed by atoms with Crippen LogP contribution < -0.4 is 0 Å². The van der Waals surface area contributed by atoms with E-state index in [1.165, 1.54) is 42.8 Å². The second kappa shape index (κ2) is 6.86. The fourth-order valence-electron chi connectivity index (χ4n) is 3.59. The van der Waals surface area contributed by atoms with Crippen molar-refractivity contribution in [2.45, 2.75) is 0 Å². The van der Waals surface area contributed by atoms with E-state index >= 15 is 0 Å². The first kappa shape index (κ1) is 16.0. The van der Waals surface area contributed by atoms with Crippen molar-refractivity contribution in [2.24, 2.45) is 0 Å². The third kappa shape index (κ3) is 2.97. The van der Waals surface area contributed by atoms with Crippen molar-refractivity contribution >= 4 is 22.1 Å². The average molecular weight is 362 g/mol. The summed E-state index contributed by atoms with van der Waals surface area (Å²) in [7, 11) is 0. The van der Waals surface area contributed by atoms with Crippen molar-refractivity contribution < 1.29 is 0 Å². The quantitative estimate of drug-likeness (QED) is 0.306. The van der Waals surface area contributed by atoms with Crippen molar-refractivity contribution in [3.63, 3.8) is 0 Å². The van der Waals surface area contributed by atoms with Crippen LogP contribution in [0.1, 0.15) is 0 Å². The lowest BCUT2D eigenvalue weighted by molar-refractivity contribution is 1.65. The van der Waals surface area contributed by atoms with Crippen molar-refractivity contribution in [1.29, 1.82) is 0 Å². The van der Waals surface area contributed by atoms with E-state index in [-0.39, 0.29) is 0 Å². The lowest BCUT2D eigenvalue weighted by Gasteiger charge is -2.08. The van der Waals surface area contributed by atoms with Crippen LogP contribution in [0, 0.1) is 0 Å². The molecular formula is C26H18S. The highest BCUT2D eigenvalue weighted by atomic mass is 32.1. The largest absolute Gasteiger partial charge is 0.135 e. The van der Waals surface area contributed by atoms with Crippen LogP contribution in [-0.2, 0) is 0 Å². The first-order valence-electron chi connectivity index (χ1n) is 9.13. The zero-order valence-electron chi connectivity index (χ0n) is 14.8. The number of fused-ring (bicyclic) bond motifs is 1. The first-order chi connectivity index (χ1) is 13.4. The molecule has 4 aromatic carbocycles. The predicted octanol–water partition coefficient (Wildman–Crippen LogP) is 7.90. The van der Waals surface area contributed by atoms with Crippen molar-refractivity contribution in [3.05, 3.63) is 109 Å². The molecule has 0 saturated heterocycles. The van der Waals surface area contributed by atoms with Gasteiger partial charge in [0.05, 0.1) is 0 Å². The number of rotatable bonds is 3. The van der Waals surface area contributed by atoms with Gasteiger partial charge < -0.3 is 0 Å². The highest BCUT2D eigenvalue weighted by Gasteiger charge is 2.15. The summed E-state index contributed by atoms with van der Waals surface area (Å²) in [4.78, 5) is 2.63. The molecule has 27 heavy (non-hydrogen) atoms. The number of benzene rings is 4. The first-order valence-corrected chi connectivity index (χ1v) is 9.94. The number of hydrogen-bond acceptors (Lipinski definition) is 1. The maximum Gasteiger partial charge on any atom is 0.0434 e. The molecule has 1 heterocycles. The molecule has 0 fully saturated rings. The minimum absolute atomic E-state index is 1.26. The minimum Gasteiger partial charge on any atom is -0.135 e. The Hall–Kier alpha value is -3.16. The van der Waals surface area contributed by atoms with E-state index in [1.807, 2.05) is 11.3 Å². The highest BCUT2D eigenvalue weighted by Crippen LogP contribution is 2.45. The van der Waals surface area contributed by atoms with Gasteiger partial charge in [-0.15, -0.1) is 11.3 Å². The summed E-state index contributed by atoms with van der Waals surface area (Å²) >= 11 is 1.88. The molecule has 1 heteroatoms. The zero-order valence-corrected chi connectivity index (χ0v) is 15.6. The van der Waals surface area contributed by atoms with E-state index in [0.29, 0.717) is 0 Å². The monoisotopic (exact) mass is 362 g/mol. The molecule has 0 aliphatic heterocycles. The third-order valence-electron chi connectivity index (χ3n) is 4.91. The molecule has 0 bridgehead atoms. The molecule has 0 N–H and O–H groups in total. The summed E-state index contributed by atoms with van der Waals surface area (Å²) in [6.07, 6.45) is 0. The van der Waals surface area contributed by atoms with Gasteiger partial charge in [-0.1, -0.05) is 103 Å². The van der Waals surface area contributed by atoms with E-state index in [9.17, 15) is 0 Å². The molecule has 0 atom stereocenters. The molecule has 5 rings (SSSR count). The topological polar surface area (TPSA) is 0 Å². The van der Waals surface area contributed by atoms with Gasteiger partial charge in [-0.2, -0.15) is 0 Å². The van der Waals surface area contributed by atoms with E-state index < -0.39 is 0 Å². The van der Waals surface area contributed by atoms with Crippen LogP contribution >= 0.6 is 11.3 Å². The van der Waals surface area contributed by atoms with Crippen LogP contribution in [0.4, 0.5) is 0 Å². The van der Waals surface area contributed by atoms with Gasteiger partial charge in [-0.25, -0.2) is 0 Å². The lowest BCUT2D eigenvalue weighted by atomic mass is 9.98. The Morgan fingerprint density at radius 3 is 1.89 bits per heavy atom. The standard InChI is InChI=1S/C26H18S/c1-3-10-20(11-4-1)24-18-25(21-13-5-2-6-14-21)27-26(24)23-17-9-15-19-12-7-8-16-22(19)23/h1-18H. The Kier molecular flexibility index (Phi) is 4.08. The molecule has 1 aromatic heterocycles. The van der Waals surface area contributed by atoms with Crippen LogP contribution in [-0.4, -0.2) is 0 Å². The Balaban J connectivity index is 1.79. The Morgan fingerprint density at radius 2 is 1.11 bits per heavy atom. The van der Waals surface area contributed by atoms with E-state index in [1.54, 1.807) is 0 Å². The molecule has 0 nitrogen and oxygen atoms in total. The molecule has 0 aliphatic carbocycles. The van der Waals surface area contributed by atoms with E-state index in [0.717, 1.165) is 0 Å². The molecule has 0 radical (unpaired) electrons. The maximum absolute atomic E-state index is 2.34. The van der Waals surface area contributed by atoms with Crippen molar-refractivity contribution in [2.75, 3.05) is 0 Å². The zero-order chi connectivity index (χ0) is 18.1. The molecule has 0 unspecified atom stereocenters. The Bertz CT molecular complexity index is 1200.